The number of halogens is 3. The summed E-state index contributed by atoms with van der Waals surface area (Å²) in [4.78, 5) is 23.7. The van der Waals surface area contributed by atoms with E-state index >= 15 is 0 Å². The second-order valence-electron chi connectivity index (χ2n) is 6.48. The monoisotopic (exact) mass is 441 g/mol. The van der Waals surface area contributed by atoms with E-state index in [1.54, 1.807) is 6.07 Å². The van der Waals surface area contributed by atoms with Crippen LogP contribution >= 0.6 is 0 Å². The van der Waals surface area contributed by atoms with Crippen molar-refractivity contribution in [2.45, 2.75) is 6.36 Å². The van der Waals surface area contributed by atoms with Crippen molar-refractivity contribution in [3.63, 3.8) is 0 Å². The van der Waals surface area contributed by atoms with E-state index in [9.17, 15) is 27.9 Å². The summed E-state index contributed by atoms with van der Waals surface area (Å²) in [5.41, 5.74) is 0.223. The molecule has 0 fully saturated rings. The molecule has 2 aromatic carbocycles. The minimum atomic E-state index is -4.85. The number of hydrogen-bond acceptors (Lipinski definition) is 6. The Labute approximate surface area is 177 Å². The molecule has 0 aliphatic rings. The Morgan fingerprint density at radius 3 is 2.50 bits per heavy atom. The number of ether oxygens (including phenoxy) is 1. The lowest BCUT2D eigenvalue weighted by atomic mass is 10.2. The third-order valence-corrected chi connectivity index (χ3v) is 4.34. The first-order chi connectivity index (χ1) is 15.2. The van der Waals surface area contributed by atoms with E-state index in [1.807, 2.05) is 0 Å². The standard InChI is InChI=1S/C21H13F3N4O4/c22-21(23,24)32-16-6-2-4-14(12-16)27-10-8-18(29)19(26-27)17-7-9-25-28(17)15-5-1-3-13(11-15)20(30)31/h1-12H,(H,30,31)/p-1. The van der Waals surface area contributed by atoms with Crippen molar-refractivity contribution >= 4 is 5.97 Å². The van der Waals surface area contributed by atoms with E-state index in [2.05, 4.69) is 14.9 Å². The molecule has 0 spiro atoms. The van der Waals surface area contributed by atoms with Crippen LogP contribution < -0.4 is 15.3 Å². The quantitative estimate of drug-likeness (QED) is 0.471. The molecule has 0 amide bonds. The summed E-state index contributed by atoms with van der Waals surface area (Å²) < 4.78 is 44.0. The molecule has 8 nitrogen and oxygen atoms in total. The zero-order chi connectivity index (χ0) is 22.9. The van der Waals surface area contributed by atoms with Crippen molar-refractivity contribution < 1.29 is 27.8 Å². The smallest absolute Gasteiger partial charge is 0.545 e. The number of carbonyl (C=O) groups is 1. The molecule has 0 saturated carbocycles. The van der Waals surface area contributed by atoms with Gasteiger partial charge in [0.15, 0.2) is 5.69 Å². The van der Waals surface area contributed by atoms with Gasteiger partial charge in [0, 0.05) is 18.3 Å². The molecule has 0 atom stereocenters. The predicted octanol–water partition coefficient (Wildman–Crippen LogP) is 2.35. The van der Waals surface area contributed by atoms with Gasteiger partial charge in [0.2, 0.25) is 5.43 Å². The van der Waals surface area contributed by atoms with Crippen molar-refractivity contribution in [2.24, 2.45) is 0 Å². The minimum Gasteiger partial charge on any atom is -0.545 e. The predicted molar refractivity (Wildman–Crippen MR) is 103 cm³/mol. The Kier molecular flexibility index (Phi) is 5.23. The van der Waals surface area contributed by atoms with Gasteiger partial charge in [0.1, 0.15) is 5.75 Å². The SMILES string of the molecule is O=C([O-])c1cccc(-n2nccc2-c2nn(-c3cccc(OC(F)(F)F)c3)ccc2=O)c1. The van der Waals surface area contributed by atoms with Gasteiger partial charge in [-0.3, -0.25) is 4.79 Å². The zero-order valence-electron chi connectivity index (χ0n) is 16.0. The highest BCUT2D eigenvalue weighted by Gasteiger charge is 2.31. The zero-order valence-corrected chi connectivity index (χ0v) is 16.0. The van der Waals surface area contributed by atoms with Gasteiger partial charge in [-0.15, -0.1) is 13.2 Å². The Hall–Kier alpha value is -4.41. The molecule has 2 heterocycles. The summed E-state index contributed by atoms with van der Waals surface area (Å²) in [5.74, 6) is -1.82. The van der Waals surface area contributed by atoms with Crippen LogP contribution in [0.5, 0.6) is 5.75 Å². The van der Waals surface area contributed by atoms with Crippen molar-refractivity contribution in [3.05, 3.63) is 88.8 Å². The summed E-state index contributed by atoms with van der Waals surface area (Å²) in [6.07, 6.45) is -2.15. The Morgan fingerprint density at radius 2 is 1.75 bits per heavy atom. The number of benzene rings is 2. The number of aromatic nitrogens is 4. The van der Waals surface area contributed by atoms with E-state index < -0.39 is 23.5 Å². The molecule has 4 aromatic rings. The first-order valence-electron chi connectivity index (χ1n) is 9.04. The molecular weight excluding hydrogens is 429 g/mol. The number of alkyl halides is 3. The maximum Gasteiger partial charge on any atom is 0.573 e. The van der Waals surface area contributed by atoms with Gasteiger partial charge >= 0.3 is 6.36 Å². The van der Waals surface area contributed by atoms with Crippen LogP contribution in [0.4, 0.5) is 13.2 Å². The molecule has 4 rings (SSSR count). The van der Waals surface area contributed by atoms with Crippen LogP contribution in [0.15, 0.2) is 77.9 Å². The molecule has 32 heavy (non-hydrogen) atoms. The van der Waals surface area contributed by atoms with Crippen molar-refractivity contribution in [1.29, 1.82) is 0 Å². The lowest BCUT2D eigenvalue weighted by molar-refractivity contribution is -0.274. The van der Waals surface area contributed by atoms with E-state index in [4.69, 9.17) is 0 Å². The lowest BCUT2D eigenvalue weighted by Gasteiger charge is -2.12. The van der Waals surface area contributed by atoms with Crippen LogP contribution in [0.25, 0.3) is 22.8 Å². The number of carboxylic acids is 1. The van der Waals surface area contributed by atoms with Crippen LogP contribution in [0.1, 0.15) is 10.4 Å². The van der Waals surface area contributed by atoms with Crippen LogP contribution in [0.2, 0.25) is 0 Å². The largest absolute Gasteiger partial charge is 0.573 e. The summed E-state index contributed by atoms with van der Waals surface area (Å²) in [5, 5.41) is 19.5. The average molecular weight is 441 g/mol. The third kappa shape index (κ3) is 4.36. The molecule has 0 radical (unpaired) electrons. The highest BCUT2D eigenvalue weighted by molar-refractivity contribution is 5.86. The van der Waals surface area contributed by atoms with Crippen LogP contribution in [-0.2, 0) is 0 Å². The number of aromatic carboxylic acids is 1. The molecule has 0 bridgehead atoms. The summed E-state index contributed by atoms with van der Waals surface area (Å²) >= 11 is 0. The van der Waals surface area contributed by atoms with Gasteiger partial charge in [0.05, 0.1) is 29.2 Å². The fraction of sp³-hybridized carbons (Fsp3) is 0.0476. The summed E-state index contributed by atoms with van der Waals surface area (Å²) in [6.45, 7) is 0. The van der Waals surface area contributed by atoms with E-state index in [0.29, 0.717) is 5.69 Å². The molecule has 0 aliphatic carbocycles. The number of nitrogens with zero attached hydrogens (tertiary/aromatic N) is 4. The summed E-state index contributed by atoms with van der Waals surface area (Å²) in [7, 11) is 0. The second-order valence-corrected chi connectivity index (χ2v) is 6.48. The lowest BCUT2D eigenvalue weighted by Crippen LogP contribution is -2.22. The van der Waals surface area contributed by atoms with Crippen molar-refractivity contribution in [1.82, 2.24) is 19.6 Å². The maximum atomic E-state index is 12.5. The van der Waals surface area contributed by atoms with Gasteiger partial charge in [-0.05, 0) is 35.9 Å². The Balaban J connectivity index is 1.77. The Bertz CT molecular complexity index is 1360. The number of carbonyl (C=O) groups excluding carboxylic acids is 1. The molecule has 11 heteroatoms. The van der Waals surface area contributed by atoms with E-state index in [1.165, 1.54) is 64.2 Å². The van der Waals surface area contributed by atoms with Gasteiger partial charge < -0.3 is 14.6 Å². The molecule has 0 N–H and O–H groups in total. The number of hydrogen-bond donors (Lipinski definition) is 0. The van der Waals surface area contributed by atoms with Gasteiger partial charge in [-0.1, -0.05) is 18.2 Å². The Morgan fingerprint density at radius 1 is 1.00 bits per heavy atom. The molecule has 0 aliphatic heterocycles. The highest BCUT2D eigenvalue weighted by atomic mass is 19.4. The van der Waals surface area contributed by atoms with E-state index in [-0.39, 0.29) is 22.6 Å². The molecule has 2 aromatic heterocycles. The van der Waals surface area contributed by atoms with Crippen LogP contribution in [0.3, 0.4) is 0 Å². The topological polar surface area (TPSA) is 102 Å². The highest BCUT2D eigenvalue weighted by Crippen LogP contribution is 2.25. The van der Waals surface area contributed by atoms with Gasteiger partial charge in [-0.25, -0.2) is 9.36 Å². The molecule has 162 valence electrons. The normalized spacial score (nSPS) is 11.3. The first kappa shape index (κ1) is 20.8. The van der Waals surface area contributed by atoms with Gasteiger partial charge in [-0.2, -0.15) is 10.2 Å². The molecular formula is C21H12F3N4O4-. The van der Waals surface area contributed by atoms with Crippen LogP contribution in [0, 0.1) is 0 Å². The minimum absolute atomic E-state index is 0.0500. The molecule has 0 unspecified atom stereocenters. The van der Waals surface area contributed by atoms with Crippen molar-refractivity contribution in [2.75, 3.05) is 0 Å². The van der Waals surface area contributed by atoms with E-state index in [0.717, 1.165) is 12.1 Å². The fourth-order valence-corrected chi connectivity index (χ4v) is 3.00. The average Bonchev–Trinajstić information content (AvgIpc) is 3.23. The van der Waals surface area contributed by atoms with Crippen LogP contribution in [-0.4, -0.2) is 31.9 Å². The fourth-order valence-electron chi connectivity index (χ4n) is 3.00. The van der Waals surface area contributed by atoms with Gasteiger partial charge in [0.25, 0.3) is 0 Å². The number of carboxylic acid groups (broad SMARTS) is 1. The first-order valence-corrected chi connectivity index (χ1v) is 9.04. The molecule has 0 saturated heterocycles. The van der Waals surface area contributed by atoms with Crippen molar-refractivity contribution in [3.8, 4) is 28.5 Å². The number of rotatable bonds is 5. The third-order valence-electron chi connectivity index (χ3n) is 4.34. The summed E-state index contributed by atoms with van der Waals surface area (Å²) in [6, 6.07) is 13.6. The maximum absolute atomic E-state index is 12.5. The second kappa shape index (κ2) is 8.02.